The molecule has 4 heterocycles. The second-order valence-corrected chi connectivity index (χ2v) is 9.33. The molecule has 2 aromatic carbocycles. The SMILES string of the molecule is Fc1cccc(Cn2ncc3cc(Nc4ncnc5sc(C#C[C@@H]6CCCN6)cc45)ccc32)c1. The van der Waals surface area contributed by atoms with Crippen LogP contribution in [-0.4, -0.2) is 32.3 Å². The summed E-state index contributed by atoms with van der Waals surface area (Å²) < 4.78 is 15.4. The molecule has 1 saturated heterocycles. The van der Waals surface area contributed by atoms with Crippen molar-refractivity contribution in [3.05, 3.63) is 77.3 Å². The summed E-state index contributed by atoms with van der Waals surface area (Å²) in [6, 6.07) is 15.0. The third kappa shape index (κ3) is 4.23. The number of hydrogen-bond donors (Lipinski definition) is 2. The van der Waals surface area contributed by atoms with E-state index in [1.807, 2.05) is 35.1 Å². The fourth-order valence-electron chi connectivity index (χ4n) is 4.22. The molecule has 2 N–H and O–H groups in total. The highest BCUT2D eigenvalue weighted by molar-refractivity contribution is 7.19. The topological polar surface area (TPSA) is 67.7 Å². The van der Waals surface area contributed by atoms with Gasteiger partial charge in [-0.2, -0.15) is 5.10 Å². The Hall–Kier alpha value is -3.80. The van der Waals surface area contributed by atoms with E-state index in [1.54, 1.807) is 23.7 Å². The molecule has 0 spiro atoms. The smallest absolute Gasteiger partial charge is 0.142 e. The van der Waals surface area contributed by atoms with Crippen LogP contribution in [0.3, 0.4) is 0 Å². The van der Waals surface area contributed by atoms with Crippen LogP contribution in [0.15, 0.2) is 61.1 Å². The van der Waals surface area contributed by atoms with Crippen LogP contribution in [0, 0.1) is 17.7 Å². The lowest BCUT2D eigenvalue weighted by molar-refractivity contribution is 0.621. The number of hydrogen-bond acceptors (Lipinski definition) is 6. The van der Waals surface area contributed by atoms with E-state index < -0.39 is 0 Å². The number of nitrogens with one attached hydrogen (secondary N) is 2. The first-order valence-corrected chi connectivity index (χ1v) is 12.0. The van der Waals surface area contributed by atoms with Gasteiger partial charge in [-0.15, -0.1) is 11.3 Å². The minimum atomic E-state index is -0.241. The zero-order valence-electron chi connectivity index (χ0n) is 18.3. The van der Waals surface area contributed by atoms with Crippen LogP contribution in [0.25, 0.3) is 21.1 Å². The van der Waals surface area contributed by atoms with Crippen LogP contribution in [0.2, 0.25) is 0 Å². The molecule has 3 aromatic heterocycles. The lowest BCUT2D eigenvalue weighted by Gasteiger charge is -2.08. The standard InChI is InChI=1S/C26H21FN6S/c27-19-4-1-3-17(11-19)15-33-24-9-7-21(12-18(24)14-31-33)32-25-23-13-22(34-26(23)30-16-29-25)8-6-20-5-2-10-28-20/h1,3-4,7,9,11-14,16,20,28H,2,5,10,15H2,(H,29,30,32)/t20-/m0/s1. The summed E-state index contributed by atoms with van der Waals surface area (Å²) in [5.74, 6) is 7.12. The fourth-order valence-corrected chi connectivity index (χ4v) is 5.08. The maximum Gasteiger partial charge on any atom is 0.142 e. The van der Waals surface area contributed by atoms with Gasteiger partial charge in [-0.3, -0.25) is 4.68 Å². The molecule has 1 atom stereocenters. The molecule has 5 aromatic rings. The molecule has 168 valence electrons. The molecule has 1 aliphatic rings. The second-order valence-electron chi connectivity index (χ2n) is 8.30. The van der Waals surface area contributed by atoms with Crippen molar-refractivity contribution < 1.29 is 4.39 Å². The maximum absolute atomic E-state index is 13.5. The van der Waals surface area contributed by atoms with Crippen LogP contribution in [0.1, 0.15) is 23.3 Å². The van der Waals surface area contributed by atoms with Crippen molar-refractivity contribution >= 4 is 44.0 Å². The molecule has 0 bridgehead atoms. The Morgan fingerprint density at radius 3 is 3.03 bits per heavy atom. The highest BCUT2D eigenvalue weighted by atomic mass is 32.1. The van der Waals surface area contributed by atoms with Crippen LogP contribution < -0.4 is 10.6 Å². The van der Waals surface area contributed by atoms with Gasteiger partial charge in [-0.05, 0) is 61.3 Å². The summed E-state index contributed by atoms with van der Waals surface area (Å²) in [5, 5.41) is 13.3. The van der Waals surface area contributed by atoms with Crippen molar-refractivity contribution in [3.63, 3.8) is 0 Å². The number of anilines is 2. The van der Waals surface area contributed by atoms with Crippen molar-refractivity contribution in [2.75, 3.05) is 11.9 Å². The van der Waals surface area contributed by atoms with Gasteiger partial charge in [0.25, 0.3) is 0 Å². The lowest BCUT2D eigenvalue weighted by Crippen LogP contribution is -2.18. The molecule has 34 heavy (non-hydrogen) atoms. The average Bonchev–Trinajstić information content (AvgIpc) is 3.58. The number of benzene rings is 2. The predicted octanol–water partition coefficient (Wildman–Crippen LogP) is 5.08. The molecule has 0 unspecified atom stereocenters. The fraction of sp³-hybridized carbons (Fsp3) is 0.192. The molecule has 0 radical (unpaired) electrons. The van der Waals surface area contributed by atoms with Gasteiger partial charge in [0.15, 0.2) is 0 Å². The van der Waals surface area contributed by atoms with Crippen molar-refractivity contribution in [1.29, 1.82) is 0 Å². The third-order valence-corrected chi connectivity index (χ3v) is 6.84. The Labute approximate surface area is 199 Å². The summed E-state index contributed by atoms with van der Waals surface area (Å²) >= 11 is 1.58. The van der Waals surface area contributed by atoms with E-state index in [0.717, 1.165) is 56.0 Å². The quantitative estimate of drug-likeness (QED) is 0.360. The van der Waals surface area contributed by atoms with Gasteiger partial charge in [0.2, 0.25) is 0 Å². The number of thiophene rings is 1. The second kappa shape index (κ2) is 8.86. The van der Waals surface area contributed by atoms with Gasteiger partial charge in [0, 0.05) is 11.1 Å². The largest absolute Gasteiger partial charge is 0.340 e. The first kappa shape index (κ1) is 20.8. The number of fused-ring (bicyclic) bond motifs is 2. The van der Waals surface area contributed by atoms with Gasteiger partial charge >= 0.3 is 0 Å². The van der Waals surface area contributed by atoms with Gasteiger partial charge < -0.3 is 10.6 Å². The minimum Gasteiger partial charge on any atom is -0.340 e. The van der Waals surface area contributed by atoms with Crippen LogP contribution >= 0.6 is 11.3 Å². The van der Waals surface area contributed by atoms with Gasteiger partial charge in [0.1, 0.15) is 22.8 Å². The molecule has 8 heteroatoms. The third-order valence-electron chi connectivity index (χ3n) is 5.89. The molecule has 1 aliphatic heterocycles. The average molecular weight is 469 g/mol. The highest BCUT2D eigenvalue weighted by Gasteiger charge is 2.12. The summed E-state index contributed by atoms with van der Waals surface area (Å²) in [5.41, 5.74) is 2.76. The molecule has 0 saturated carbocycles. The number of aromatic nitrogens is 4. The van der Waals surface area contributed by atoms with Crippen molar-refractivity contribution in [1.82, 2.24) is 25.1 Å². The lowest BCUT2D eigenvalue weighted by atomic mass is 10.2. The van der Waals surface area contributed by atoms with E-state index in [-0.39, 0.29) is 11.9 Å². The van der Waals surface area contributed by atoms with E-state index in [0.29, 0.717) is 6.54 Å². The first-order chi connectivity index (χ1) is 16.7. The summed E-state index contributed by atoms with van der Waals surface area (Å²) in [6.45, 7) is 1.55. The zero-order valence-corrected chi connectivity index (χ0v) is 19.1. The first-order valence-electron chi connectivity index (χ1n) is 11.2. The Morgan fingerprint density at radius 1 is 1.18 bits per heavy atom. The van der Waals surface area contributed by atoms with Crippen LogP contribution in [0.5, 0.6) is 0 Å². The molecule has 6 nitrogen and oxygen atoms in total. The van der Waals surface area contributed by atoms with Gasteiger partial charge in [-0.25, -0.2) is 14.4 Å². The normalized spacial score (nSPS) is 15.5. The molecular weight excluding hydrogens is 447 g/mol. The summed E-state index contributed by atoms with van der Waals surface area (Å²) in [7, 11) is 0. The number of nitrogens with zero attached hydrogens (tertiary/aromatic N) is 4. The van der Waals surface area contributed by atoms with Gasteiger partial charge in [0.05, 0.1) is 34.6 Å². The van der Waals surface area contributed by atoms with Crippen molar-refractivity contribution in [2.45, 2.75) is 25.4 Å². The Kier molecular flexibility index (Phi) is 5.41. The molecule has 1 fully saturated rings. The van der Waals surface area contributed by atoms with Crippen molar-refractivity contribution in [3.8, 4) is 11.8 Å². The van der Waals surface area contributed by atoms with Crippen molar-refractivity contribution in [2.24, 2.45) is 0 Å². The molecule has 6 rings (SSSR count). The summed E-state index contributed by atoms with van der Waals surface area (Å²) in [4.78, 5) is 10.8. The minimum absolute atomic E-state index is 0.241. The highest BCUT2D eigenvalue weighted by Crippen LogP contribution is 2.30. The van der Waals surface area contributed by atoms with Gasteiger partial charge in [-0.1, -0.05) is 24.0 Å². The van der Waals surface area contributed by atoms with E-state index >= 15 is 0 Å². The van der Waals surface area contributed by atoms with E-state index in [1.165, 1.54) is 18.6 Å². The number of rotatable bonds is 4. The Morgan fingerprint density at radius 2 is 2.15 bits per heavy atom. The Balaban J connectivity index is 1.25. The Bertz CT molecular complexity index is 1550. The monoisotopic (exact) mass is 468 g/mol. The maximum atomic E-state index is 13.5. The molecular formula is C26H21FN6S. The van der Waals surface area contributed by atoms with Crippen LogP contribution in [-0.2, 0) is 6.54 Å². The van der Waals surface area contributed by atoms with E-state index in [9.17, 15) is 4.39 Å². The number of halogens is 1. The summed E-state index contributed by atoms with van der Waals surface area (Å²) in [6.07, 6.45) is 5.68. The molecule has 0 amide bonds. The predicted molar refractivity (Wildman–Crippen MR) is 134 cm³/mol. The zero-order chi connectivity index (χ0) is 22.9. The van der Waals surface area contributed by atoms with Crippen LogP contribution in [0.4, 0.5) is 15.9 Å². The molecule has 0 aliphatic carbocycles. The van der Waals surface area contributed by atoms with E-state index in [4.69, 9.17) is 0 Å². The van der Waals surface area contributed by atoms with E-state index in [2.05, 4.69) is 43.6 Å².